The van der Waals surface area contributed by atoms with E-state index in [4.69, 9.17) is 0 Å². The molecule has 0 aliphatic rings. The van der Waals surface area contributed by atoms with Crippen LogP contribution < -0.4 is 4.80 Å². The fourth-order valence-corrected chi connectivity index (χ4v) is 3.76. The Morgan fingerprint density at radius 1 is 1.15 bits per heavy atom. The van der Waals surface area contributed by atoms with Crippen LogP contribution in [-0.2, 0) is 6.54 Å². The molecule has 0 saturated carbocycles. The summed E-state index contributed by atoms with van der Waals surface area (Å²) >= 11 is 1.41. The van der Waals surface area contributed by atoms with Crippen LogP contribution in [-0.4, -0.2) is 21.2 Å². The van der Waals surface area contributed by atoms with Crippen molar-refractivity contribution < 1.29 is 9.59 Å². The van der Waals surface area contributed by atoms with Crippen molar-refractivity contribution in [3.63, 3.8) is 0 Å². The fraction of sp³-hybridized carbons (Fsp3) is 0.250. The van der Waals surface area contributed by atoms with Crippen LogP contribution in [0.2, 0.25) is 0 Å². The molecule has 0 aliphatic carbocycles. The van der Waals surface area contributed by atoms with Gasteiger partial charge in [0.25, 0.3) is 5.91 Å². The molecule has 1 N–H and O–H groups in total. The molecule has 134 valence electrons. The Hall–Kier alpha value is -2.73. The Labute approximate surface area is 156 Å². The largest absolute Gasteiger partial charge is 0.354 e. The average Bonchev–Trinajstić information content (AvgIpc) is 3.13. The molecule has 26 heavy (non-hydrogen) atoms. The number of hydrogen-bond donors (Lipinski definition) is 1. The number of Topliss-reactive ketones (excluding diaryl/α,β-unsaturated/α-hetero) is 1. The highest BCUT2D eigenvalue weighted by atomic mass is 32.1. The molecule has 0 atom stereocenters. The normalized spacial score (nSPS) is 11.8. The number of aromatic amines is 1. The van der Waals surface area contributed by atoms with E-state index < -0.39 is 0 Å². The van der Waals surface area contributed by atoms with Crippen molar-refractivity contribution in [3.05, 3.63) is 74.3 Å². The summed E-state index contributed by atoms with van der Waals surface area (Å²) in [6, 6.07) is 8.28. The predicted octanol–water partition coefficient (Wildman–Crippen LogP) is 3.79. The van der Waals surface area contributed by atoms with Crippen molar-refractivity contribution in [3.8, 4) is 0 Å². The molecule has 0 unspecified atom stereocenters. The summed E-state index contributed by atoms with van der Waals surface area (Å²) in [4.78, 5) is 32.3. The van der Waals surface area contributed by atoms with E-state index in [1.54, 1.807) is 13.8 Å². The van der Waals surface area contributed by atoms with Crippen molar-refractivity contribution in [2.24, 2.45) is 4.99 Å². The van der Waals surface area contributed by atoms with E-state index in [2.05, 4.69) is 41.2 Å². The number of rotatable bonds is 4. The summed E-state index contributed by atoms with van der Waals surface area (Å²) in [5, 5.41) is 1.91. The number of nitrogens with one attached hydrogen (secondary N) is 1. The third-order valence-corrected chi connectivity index (χ3v) is 5.13. The molecule has 1 amide bonds. The van der Waals surface area contributed by atoms with E-state index >= 15 is 0 Å². The fourth-order valence-electron chi connectivity index (χ4n) is 3.03. The third kappa shape index (κ3) is 3.60. The van der Waals surface area contributed by atoms with Gasteiger partial charge in [0.2, 0.25) is 0 Å². The predicted molar refractivity (Wildman–Crippen MR) is 103 cm³/mol. The molecule has 3 aromatic rings. The van der Waals surface area contributed by atoms with E-state index in [1.165, 1.54) is 23.8 Å². The second-order valence-electron chi connectivity index (χ2n) is 6.40. The van der Waals surface area contributed by atoms with E-state index in [0.29, 0.717) is 33.9 Å². The Kier molecular flexibility index (Phi) is 5.04. The van der Waals surface area contributed by atoms with Gasteiger partial charge in [-0.15, -0.1) is 11.3 Å². The van der Waals surface area contributed by atoms with Crippen LogP contribution in [0.25, 0.3) is 0 Å². The van der Waals surface area contributed by atoms with Gasteiger partial charge in [0, 0.05) is 29.4 Å². The van der Waals surface area contributed by atoms with E-state index in [-0.39, 0.29) is 11.7 Å². The van der Waals surface area contributed by atoms with Crippen molar-refractivity contribution in [1.29, 1.82) is 0 Å². The van der Waals surface area contributed by atoms with Gasteiger partial charge in [-0.05, 0) is 38.8 Å². The van der Waals surface area contributed by atoms with Gasteiger partial charge in [0.05, 0.1) is 0 Å². The van der Waals surface area contributed by atoms with Gasteiger partial charge in [0.1, 0.15) is 5.69 Å². The van der Waals surface area contributed by atoms with Gasteiger partial charge in [-0.2, -0.15) is 4.99 Å². The topological polar surface area (TPSA) is 67.2 Å². The van der Waals surface area contributed by atoms with Crippen molar-refractivity contribution >= 4 is 23.0 Å². The quantitative estimate of drug-likeness (QED) is 0.713. The van der Waals surface area contributed by atoms with Gasteiger partial charge >= 0.3 is 0 Å². The van der Waals surface area contributed by atoms with Crippen molar-refractivity contribution in [2.45, 2.75) is 34.2 Å². The molecule has 0 radical (unpaired) electrons. The van der Waals surface area contributed by atoms with Gasteiger partial charge in [0.15, 0.2) is 10.6 Å². The monoisotopic (exact) mass is 367 g/mol. The number of hydrogen-bond acceptors (Lipinski definition) is 3. The smallest absolute Gasteiger partial charge is 0.296 e. The van der Waals surface area contributed by atoms with Crippen molar-refractivity contribution in [2.75, 3.05) is 0 Å². The average molecular weight is 367 g/mol. The molecule has 2 heterocycles. The zero-order chi connectivity index (χ0) is 18.8. The summed E-state index contributed by atoms with van der Waals surface area (Å²) in [5.74, 6) is -0.418. The third-order valence-electron chi connectivity index (χ3n) is 4.33. The van der Waals surface area contributed by atoms with Crippen LogP contribution in [0.4, 0.5) is 0 Å². The number of carbonyl (C=O) groups is 2. The Balaban J connectivity index is 1.93. The molecule has 0 spiro atoms. The highest BCUT2D eigenvalue weighted by molar-refractivity contribution is 7.07. The molecular weight excluding hydrogens is 346 g/mol. The number of ketones is 1. The molecule has 1 aromatic carbocycles. The summed E-state index contributed by atoms with van der Waals surface area (Å²) in [7, 11) is 0. The molecule has 5 nitrogen and oxygen atoms in total. The second kappa shape index (κ2) is 7.25. The molecular formula is C20H21N3O2S. The first kappa shape index (κ1) is 18.1. The summed E-state index contributed by atoms with van der Waals surface area (Å²) in [5.41, 5.74) is 4.67. The highest BCUT2D eigenvalue weighted by Crippen LogP contribution is 2.19. The Bertz CT molecular complexity index is 1040. The summed E-state index contributed by atoms with van der Waals surface area (Å²) in [6.45, 7) is 7.78. The first-order valence-electron chi connectivity index (χ1n) is 8.35. The molecule has 0 fully saturated rings. The minimum Gasteiger partial charge on any atom is -0.354 e. The van der Waals surface area contributed by atoms with E-state index in [0.717, 1.165) is 5.56 Å². The number of benzene rings is 1. The number of aryl methyl sites for hydroxylation is 2. The maximum atomic E-state index is 12.7. The number of amides is 1. The lowest BCUT2D eigenvalue weighted by Gasteiger charge is -2.04. The molecule has 0 bridgehead atoms. The molecule has 2 aromatic heterocycles. The van der Waals surface area contributed by atoms with Crippen LogP contribution in [0, 0.1) is 20.8 Å². The van der Waals surface area contributed by atoms with Crippen LogP contribution in [0.3, 0.4) is 0 Å². The summed E-state index contributed by atoms with van der Waals surface area (Å²) < 4.78 is 1.95. The minimum absolute atomic E-state index is 0.0548. The number of aromatic nitrogens is 2. The van der Waals surface area contributed by atoms with Crippen LogP contribution >= 0.6 is 11.3 Å². The number of carbonyl (C=O) groups excluding carboxylic acids is 2. The molecule has 3 rings (SSSR count). The molecule has 0 saturated heterocycles. The van der Waals surface area contributed by atoms with Gasteiger partial charge in [-0.25, -0.2) is 0 Å². The highest BCUT2D eigenvalue weighted by Gasteiger charge is 2.19. The van der Waals surface area contributed by atoms with Crippen LogP contribution in [0.1, 0.15) is 50.2 Å². The lowest BCUT2D eigenvalue weighted by Crippen LogP contribution is -2.17. The SMILES string of the molecule is CC(=O)c1c(C)[nH]c(C(=O)N=c2sccn2Cc2ccc(C)cc2)c1C. The van der Waals surface area contributed by atoms with Crippen LogP contribution in [0.15, 0.2) is 40.8 Å². The first-order valence-corrected chi connectivity index (χ1v) is 9.23. The Morgan fingerprint density at radius 3 is 2.46 bits per heavy atom. The molecule has 6 heteroatoms. The summed E-state index contributed by atoms with van der Waals surface area (Å²) in [6.07, 6.45) is 1.92. The number of H-pyrrole nitrogens is 1. The zero-order valence-electron chi connectivity index (χ0n) is 15.3. The van der Waals surface area contributed by atoms with E-state index in [1.807, 2.05) is 16.1 Å². The van der Waals surface area contributed by atoms with Crippen molar-refractivity contribution in [1.82, 2.24) is 9.55 Å². The van der Waals surface area contributed by atoms with Gasteiger partial charge < -0.3 is 9.55 Å². The Morgan fingerprint density at radius 2 is 1.85 bits per heavy atom. The first-order chi connectivity index (χ1) is 12.4. The van der Waals surface area contributed by atoms with Gasteiger partial charge in [-0.1, -0.05) is 29.8 Å². The maximum absolute atomic E-state index is 12.7. The van der Waals surface area contributed by atoms with E-state index in [9.17, 15) is 9.59 Å². The zero-order valence-corrected chi connectivity index (χ0v) is 16.1. The number of nitrogens with zero attached hydrogens (tertiary/aromatic N) is 2. The second-order valence-corrected chi connectivity index (χ2v) is 7.27. The van der Waals surface area contributed by atoms with Crippen LogP contribution in [0.5, 0.6) is 0 Å². The maximum Gasteiger partial charge on any atom is 0.296 e. The lowest BCUT2D eigenvalue weighted by atomic mass is 10.1. The minimum atomic E-state index is -0.363. The standard InChI is InChI=1S/C20H21N3O2S/c1-12-5-7-16(8-6-12)11-23-9-10-26-20(23)22-19(25)18-13(2)17(15(4)24)14(3)21-18/h5-10,21H,11H2,1-4H3. The number of thiazole rings is 1. The van der Waals surface area contributed by atoms with Gasteiger partial charge in [-0.3, -0.25) is 9.59 Å². The molecule has 0 aliphatic heterocycles. The lowest BCUT2D eigenvalue weighted by molar-refractivity contribution is 0.0992.